The van der Waals surface area contributed by atoms with Crippen LogP contribution >= 0.6 is 0 Å². The molecule has 21 heteroatoms. The van der Waals surface area contributed by atoms with E-state index >= 15 is 0 Å². The van der Waals surface area contributed by atoms with Crippen LogP contribution in [0.3, 0.4) is 0 Å². The number of hydrogen-bond donors (Lipinski definition) is 4. The topological polar surface area (TPSA) is 114 Å². The highest BCUT2D eigenvalue weighted by atomic mass is 19.4. The molecule has 0 atom stereocenters. The van der Waals surface area contributed by atoms with Gasteiger partial charge in [-0.1, -0.05) is 65.5 Å². The van der Waals surface area contributed by atoms with E-state index in [-0.39, 0.29) is 58.0 Å². The summed E-state index contributed by atoms with van der Waals surface area (Å²) in [5.41, 5.74) is -9.28. The van der Waals surface area contributed by atoms with Crippen LogP contribution in [-0.2, 0) is 24.7 Å². The molecule has 0 aliphatic rings. The average Bonchev–Trinajstić information content (AvgIpc) is 3.13. The fraction of sp³-hybridized carbons (Fsp3) is 0.500. The van der Waals surface area contributed by atoms with Gasteiger partial charge < -0.3 is 35.9 Å². The number of carbonyl (C=O) groups is 2. The van der Waals surface area contributed by atoms with Gasteiger partial charge in [0.2, 0.25) is 0 Å². The molecule has 3 rings (SSSR count). The lowest BCUT2D eigenvalue weighted by atomic mass is 10.1. The van der Waals surface area contributed by atoms with Gasteiger partial charge in [-0.2, -0.15) is 52.7 Å². The lowest BCUT2D eigenvalue weighted by Crippen LogP contribution is -3.00. The molecule has 0 heterocycles. The highest BCUT2D eigenvalue weighted by molar-refractivity contribution is 6.06. The Morgan fingerprint density at radius 3 is 0.918 bits per heavy atom. The number of alkyl halides is 12. The largest absolute Gasteiger partial charge is 1.00 e. The van der Waals surface area contributed by atoms with Crippen molar-refractivity contribution in [2.45, 2.75) is 104 Å². The Labute approximate surface area is 345 Å². The summed E-state index contributed by atoms with van der Waals surface area (Å²) < 4.78 is 158. The monoisotopic (exact) mass is 897 g/mol. The van der Waals surface area contributed by atoms with Crippen LogP contribution < -0.4 is 26.0 Å². The summed E-state index contributed by atoms with van der Waals surface area (Å²) in [5, 5.41) is 7.67. The molecule has 3 aromatic rings. The Morgan fingerprint density at radius 1 is 0.459 bits per heavy atom. The number of rotatable bonds is 16. The summed E-state index contributed by atoms with van der Waals surface area (Å²) in [4.78, 5) is 24.7. The van der Waals surface area contributed by atoms with Crippen LogP contribution in [0.1, 0.15) is 101 Å². The molecule has 0 aliphatic carbocycles. The molecule has 0 unspecified atom stereocenters. The summed E-state index contributed by atoms with van der Waals surface area (Å²) in [6.07, 6.45) is -9.72. The zero-order valence-electron chi connectivity index (χ0n) is 33.9. The molecule has 8 nitrogen and oxygen atoms in total. The maximum absolute atomic E-state index is 13.1. The number of urea groups is 2. The zero-order valence-corrected chi connectivity index (χ0v) is 33.9. The van der Waals surface area contributed by atoms with Crippen molar-refractivity contribution in [2.24, 2.45) is 0 Å². The molecule has 0 saturated heterocycles. The van der Waals surface area contributed by atoms with Crippen LogP contribution in [0.4, 0.5) is 85.0 Å². The van der Waals surface area contributed by atoms with E-state index in [1.807, 2.05) is 0 Å². The molecule has 61 heavy (non-hydrogen) atoms. The second kappa shape index (κ2) is 24.6. The number of para-hydroxylation sites is 2. The second-order valence-electron chi connectivity index (χ2n) is 13.9. The maximum Gasteiger partial charge on any atom is 0.416 e. The van der Waals surface area contributed by atoms with Gasteiger partial charge in [0.25, 0.3) is 0 Å². The van der Waals surface area contributed by atoms with Crippen LogP contribution in [0.15, 0.2) is 60.7 Å². The number of amides is 4. The molecule has 0 radical (unpaired) electrons. The molecule has 346 valence electrons. The molecule has 3 aromatic carbocycles. The maximum atomic E-state index is 13.1. The number of quaternary nitrogens is 1. The molecule has 0 fully saturated rings. The van der Waals surface area contributed by atoms with E-state index < -0.39 is 70.4 Å². The van der Waals surface area contributed by atoms with Gasteiger partial charge in [0, 0.05) is 11.4 Å². The van der Waals surface area contributed by atoms with Crippen LogP contribution in [0.5, 0.6) is 0 Å². The van der Waals surface area contributed by atoms with E-state index in [1.165, 1.54) is 94.2 Å². The molecule has 0 aliphatic heterocycles. The Bertz CT molecular complexity index is 1590. The zero-order chi connectivity index (χ0) is 44.7. The fourth-order valence-electron chi connectivity index (χ4n) is 5.97. The predicted molar refractivity (Wildman–Crippen MR) is 208 cm³/mol. The van der Waals surface area contributed by atoms with E-state index in [1.54, 1.807) is 10.6 Å². The second-order valence-corrected chi connectivity index (χ2v) is 13.9. The van der Waals surface area contributed by atoms with Gasteiger partial charge in [0.1, 0.15) is 0 Å². The minimum Gasteiger partial charge on any atom is -1.00 e. The third-order valence-corrected chi connectivity index (χ3v) is 9.06. The first-order chi connectivity index (χ1) is 27.4. The number of unbranched alkanes of at least 4 members (excludes halogenated alkanes) is 4. The fourth-order valence-corrected chi connectivity index (χ4v) is 5.97. The van der Waals surface area contributed by atoms with E-state index in [0.29, 0.717) is 0 Å². The predicted octanol–water partition coefficient (Wildman–Crippen LogP) is 10.2. The molecular weight excluding hydrogens is 845 g/mol. The Morgan fingerprint density at radius 2 is 0.705 bits per heavy atom. The van der Waals surface area contributed by atoms with Crippen molar-refractivity contribution in [3.05, 3.63) is 82.9 Å². The Balaban J connectivity index is 0.00000161. The number of nitrogens with zero attached hydrogens (tertiary/aromatic N) is 1. The summed E-state index contributed by atoms with van der Waals surface area (Å²) in [6, 6.07) is 2.62. The quantitative estimate of drug-likeness (QED) is 0.0848. The molecule has 0 bridgehead atoms. The number of carbonyl (C=O) groups excluding carboxylic acids is 2. The molecule has 0 spiro atoms. The van der Waals surface area contributed by atoms with Gasteiger partial charge in [-0.15, -0.1) is 0 Å². The van der Waals surface area contributed by atoms with Gasteiger partial charge in [-0.3, -0.25) is 0 Å². The molecular formula is C40H52F13N5O3. The molecule has 0 aromatic heterocycles. The van der Waals surface area contributed by atoms with Gasteiger partial charge in [-0.25, -0.2) is 9.59 Å². The minimum absolute atomic E-state index is 0. The first kappa shape index (κ1) is 56.2. The van der Waals surface area contributed by atoms with Crippen molar-refractivity contribution >= 4 is 34.8 Å². The van der Waals surface area contributed by atoms with Gasteiger partial charge in [0.15, 0.2) is 0 Å². The van der Waals surface area contributed by atoms with Crippen molar-refractivity contribution in [2.75, 3.05) is 47.4 Å². The number of benzene rings is 3. The Hall–Kier alpha value is -4.79. The lowest BCUT2D eigenvalue weighted by Gasteiger charge is -2.39. The summed E-state index contributed by atoms with van der Waals surface area (Å²) in [7, 11) is 0. The minimum atomic E-state index is -5.20. The highest BCUT2D eigenvalue weighted by Gasteiger charge is 2.38. The van der Waals surface area contributed by atoms with Gasteiger partial charge in [0.05, 0.1) is 59.8 Å². The van der Waals surface area contributed by atoms with E-state index in [4.69, 9.17) is 0 Å². The van der Waals surface area contributed by atoms with Crippen molar-refractivity contribution in [3.63, 3.8) is 0 Å². The standard InChI is InChI=1S/C24H14F12N4O2.C16H36N.FH.H2O/c25-21(26,27)11-5-12(22(28,29)30)8-15(7-11)37-19(41)39-17-3-1-2-4-18(17)40-20(42)38-16-9-13(23(31,32)33)6-14(10-16)24(34,35)36;1-5-9-13-17(14-10-6-2,15-11-7-3)16-12-8-4;;/h1-10H,(H2,37,39,41)(H2,38,40,42);5-16H2,1-4H3;1H;1H2/q;+1;;/p-1. The molecule has 0 saturated carbocycles. The van der Waals surface area contributed by atoms with E-state index in [0.717, 1.165) is 12.1 Å². The normalized spacial score (nSPS) is 11.9. The van der Waals surface area contributed by atoms with Crippen LogP contribution in [0.2, 0.25) is 0 Å². The van der Waals surface area contributed by atoms with Gasteiger partial charge in [-0.05, 0) is 74.2 Å². The average molecular weight is 898 g/mol. The molecule has 6 N–H and O–H groups in total. The first-order valence-electron chi connectivity index (χ1n) is 19.1. The van der Waals surface area contributed by atoms with E-state index in [2.05, 4.69) is 38.3 Å². The van der Waals surface area contributed by atoms with Crippen molar-refractivity contribution in [3.8, 4) is 0 Å². The van der Waals surface area contributed by atoms with Crippen molar-refractivity contribution in [1.82, 2.24) is 0 Å². The smallest absolute Gasteiger partial charge is 0.416 e. The number of halogens is 13. The lowest BCUT2D eigenvalue weighted by molar-refractivity contribution is -0.929. The third kappa shape index (κ3) is 19.2. The highest BCUT2D eigenvalue weighted by Crippen LogP contribution is 2.39. The van der Waals surface area contributed by atoms with Crippen LogP contribution in [0.25, 0.3) is 0 Å². The van der Waals surface area contributed by atoms with Crippen LogP contribution in [-0.4, -0.2) is 48.2 Å². The van der Waals surface area contributed by atoms with Crippen molar-refractivity contribution < 1.29 is 76.9 Å². The summed E-state index contributed by atoms with van der Waals surface area (Å²) in [6.45, 7) is 15.0. The summed E-state index contributed by atoms with van der Waals surface area (Å²) >= 11 is 0. The number of anilines is 4. The number of hydrogen-bond acceptors (Lipinski definition) is 2. The number of nitrogens with one attached hydrogen (secondary N) is 4. The van der Waals surface area contributed by atoms with Gasteiger partial charge >= 0.3 is 36.8 Å². The Kier molecular flexibility index (Phi) is 22.7. The first-order valence-corrected chi connectivity index (χ1v) is 19.1. The van der Waals surface area contributed by atoms with Crippen molar-refractivity contribution in [1.29, 1.82) is 0 Å². The third-order valence-electron chi connectivity index (χ3n) is 9.06. The summed E-state index contributed by atoms with van der Waals surface area (Å²) in [5.74, 6) is 0. The van der Waals surface area contributed by atoms with E-state index in [9.17, 15) is 62.3 Å². The SMILES string of the molecule is CCCC[N+](CCCC)(CCCC)CCCC.O.O=C(Nc1cc(C(F)(F)F)cc(C(F)(F)F)c1)Nc1ccccc1NC(=O)Nc1cc(C(F)(F)F)cc(C(F)(F)F)c1.[F-]. The van der Waals surface area contributed by atoms with Crippen LogP contribution in [0, 0.1) is 0 Å². The molecule has 4 amide bonds.